The topological polar surface area (TPSA) is 9.72 Å². The van der Waals surface area contributed by atoms with E-state index in [-0.39, 0.29) is 0 Å². The maximum atomic E-state index is 2.32. The normalized spacial score (nSPS) is 11.0. The van der Waals surface area contributed by atoms with E-state index < -0.39 is 0 Å². The molecule has 0 unspecified atom stereocenters. The van der Waals surface area contributed by atoms with Crippen LogP contribution in [0.25, 0.3) is 44.5 Å². The Balaban J connectivity index is 0.787. The highest BCUT2D eigenvalue weighted by Gasteiger charge is 2.16. The predicted octanol–water partition coefficient (Wildman–Crippen LogP) is 20.0. The van der Waals surface area contributed by atoms with Crippen molar-refractivity contribution in [2.45, 2.75) is 27.7 Å². The lowest BCUT2D eigenvalue weighted by Gasteiger charge is -2.26. The molecule has 11 rings (SSSR count). The Morgan fingerprint density at radius 2 is 0.288 bits per heavy atom. The van der Waals surface area contributed by atoms with Gasteiger partial charge in [-0.25, -0.2) is 0 Å². The number of rotatable bonds is 13. The molecule has 0 aromatic heterocycles. The quantitative estimate of drug-likeness (QED) is 0.114. The lowest BCUT2D eigenvalue weighted by atomic mass is 9.99. The summed E-state index contributed by atoms with van der Waals surface area (Å²) < 4.78 is 0. The van der Waals surface area contributed by atoms with Crippen LogP contribution in [0.15, 0.2) is 273 Å². The van der Waals surface area contributed by atoms with Crippen LogP contribution < -0.4 is 14.7 Å². The second kappa shape index (κ2) is 20.7. The summed E-state index contributed by atoms with van der Waals surface area (Å²) in [6.45, 7) is 8.52. The third-order valence-corrected chi connectivity index (χ3v) is 13.8. The second-order valence-electron chi connectivity index (χ2n) is 19.0. The van der Waals surface area contributed by atoms with Gasteiger partial charge in [0.05, 0.1) is 0 Å². The van der Waals surface area contributed by atoms with Crippen molar-refractivity contribution in [1.82, 2.24) is 0 Å². The van der Waals surface area contributed by atoms with E-state index >= 15 is 0 Å². The van der Waals surface area contributed by atoms with Crippen LogP contribution in [0.2, 0.25) is 0 Å². The molecule has 0 aliphatic heterocycles. The molecule has 0 aliphatic carbocycles. The summed E-state index contributed by atoms with van der Waals surface area (Å²) in [7, 11) is 0. The zero-order valence-electron chi connectivity index (χ0n) is 41.8. The lowest BCUT2D eigenvalue weighted by molar-refractivity contribution is 1.27. The molecule has 3 heteroatoms. The predicted molar refractivity (Wildman–Crippen MR) is 311 cm³/mol. The zero-order chi connectivity index (χ0) is 49.7. The summed E-state index contributed by atoms with van der Waals surface area (Å²) in [6, 6.07) is 99.0. The molecule has 0 spiro atoms. The van der Waals surface area contributed by atoms with E-state index in [2.05, 4.69) is 315 Å². The summed E-state index contributed by atoms with van der Waals surface area (Å²) in [5, 5.41) is 0. The first kappa shape index (κ1) is 46.2. The smallest absolute Gasteiger partial charge is 0.0462 e. The molecular weight excluding hydrogens is 883 g/mol. The minimum absolute atomic E-state index is 1.10. The molecule has 0 amide bonds. The van der Waals surface area contributed by atoms with Crippen molar-refractivity contribution in [2.75, 3.05) is 14.7 Å². The van der Waals surface area contributed by atoms with Crippen LogP contribution in [0, 0.1) is 27.7 Å². The number of anilines is 9. The largest absolute Gasteiger partial charge is 0.311 e. The number of para-hydroxylation sites is 1. The summed E-state index contributed by atoms with van der Waals surface area (Å²) >= 11 is 0. The Morgan fingerprint density at radius 1 is 0.151 bits per heavy atom. The fraction of sp³-hybridized carbons (Fsp3) is 0.0571. The van der Waals surface area contributed by atoms with Gasteiger partial charge in [-0.15, -0.1) is 0 Å². The van der Waals surface area contributed by atoms with E-state index in [1.807, 2.05) is 0 Å². The maximum Gasteiger partial charge on any atom is 0.0462 e. The fourth-order valence-corrected chi connectivity index (χ4v) is 9.62. The molecule has 0 bridgehead atoms. The van der Waals surface area contributed by atoms with E-state index in [0.29, 0.717) is 0 Å². The molecule has 11 aromatic carbocycles. The van der Waals surface area contributed by atoms with E-state index in [0.717, 1.165) is 51.2 Å². The number of benzene rings is 11. The van der Waals surface area contributed by atoms with Gasteiger partial charge in [-0.3, -0.25) is 0 Å². The summed E-state index contributed by atoms with van der Waals surface area (Å²) in [6.07, 6.45) is 0. The van der Waals surface area contributed by atoms with Gasteiger partial charge in [0.15, 0.2) is 0 Å². The second-order valence-corrected chi connectivity index (χ2v) is 19.0. The number of nitrogens with zero attached hydrogens (tertiary/aromatic N) is 3. The summed E-state index contributed by atoms with van der Waals surface area (Å²) in [4.78, 5) is 6.96. The third-order valence-electron chi connectivity index (χ3n) is 13.8. The Morgan fingerprint density at radius 3 is 0.466 bits per heavy atom. The van der Waals surface area contributed by atoms with E-state index in [4.69, 9.17) is 0 Å². The monoisotopic (exact) mass is 939 g/mol. The van der Waals surface area contributed by atoms with Crippen LogP contribution >= 0.6 is 0 Å². The maximum absolute atomic E-state index is 2.32. The molecule has 0 atom stereocenters. The van der Waals surface area contributed by atoms with Crippen LogP contribution in [0.5, 0.6) is 0 Å². The summed E-state index contributed by atoms with van der Waals surface area (Å²) in [5.41, 5.74) is 24.5. The van der Waals surface area contributed by atoms with Gasteiger partial charge in [-0.2, -0.15) is 0 Å². The molecule has 3 nitrogen and oxygen atoms in total. The van der Waals surface area contributed by atoms with Gasteiger partial charge in [0, 0.05) is 51.2 Å². The van der Waals surface area contributed by atoms with Crippen molar-refractivity contribution >= 4 is 51.2 Å². The first-order chi connectivity index (χ1) is 35.8. The first-order valence-corrected chi connectivity index (χ1v) is 25.1. The van der Waals surface area contributed by atoms with E-state index in [1.54, 1.807) is 0 Å². The first-order valence-electron chi connectivity index (χ1n) is 25.1. The minimum atomic E-state index is 1.10. The van der Waals surface area contributed by atoms with E-state index in [9.17, 15) is 0 Å². The van der Waals surface area contributed by atoms with Crippen LogP contribution in [0.1, 0.15) is 22.3 Å². The van der Waals surface area contributed by atoms with Gasteiger partial charge in [0.2, 0.25) is 0 Å². The van der Waals surface area contributed by atoms with Gasteiger partial charge in [-0.1, -0.05) is 186 Å². The van der Waals surface area contributed by atoms with Crippen molar-refractivity contribution in [3.63, 3.8) is 0 Å². The van der Waals surface area contributed by atoms with Crippen molar-refractivity contribution in [1.29, 1.82) is 0 Å². The Kier molecular flexibility index (Phi) is 13.1. The van der Waals surface area contributed by atoms with Crippen molar-refractivity contribution in [3.8, 4) is 44.5 Å². The zero-order valence-corrected chi connectivity index (χ0v) is 41.8. The Bertz CT molecular complexity index is 3230. The lowest BCUT2D eigenvalue weighted by Crippen LogP contribution is -2.09. The molecule has 0 fully saturated rings. The van der Waals surface area contributed by atoms with Crippen LogP contribution in [0.4, 0.5) is 51.2 Å². The highest BCUT2D eigenvalue weighted by Crippen LogP contribution is 2.40. The van der Waals surface area contributed by atoms with Crippen molar-refractivity contribution < 1.29 is 0 Å². The number of hydrogen-bond donors (Lipinski definition) is 0. The Hall–Kier alpha value is -9.18. The average molecular weight is 940 g/mol. The van der Waals surface area contributed by atoms with Crippen LogP contribution in [-0.4, -0.2) is 0 Å². The molecule has 0 radical (unpaired) electrons. The summed E-state index contributed by atoms with van der Waals surface area (Å²) in [5.74, 6) is 0. The van der Waals surface area contributed by atoms with Gasteiger partial charge in [-0.05, 0) is 181 Å². The molecular formula is C70H57N3. The number of aryl methyl sites for hydroxylation is 4. The van der Waals surface area contributed by atoms with Gasteiger partial charge < -0.3 is 14.7 Å². The van der Waals surface area contributed by atoms with Gasteiger partial charge in [0.1, 0.15) is 0 Å². The fourth-order valence-electron chi connectivity index (χ4n) is 9.62. The average Bonchev–Trinajstić information content (AvgIpc) is 3.44. The minimum Gasteiger partial charge on any atom is -0.311 e. The van der Waals surface area contributed by atoms with Crippen molar-refractivity contribution in [3.05, 3.63) is 295 Å². The molecule has 352 valence electrons. The van der Waals surface area contributed by atoms with Crippen molar-refractivity contribution in [2.24, 2.45) is 0 Å². The number of hydrogen-bond acceptors (Lipinski definition) is 3. The molecule has 0 heterocycles. The van der Waals surface area contributed by atoms with E-state index in [1.165, 1.54) is 66.8 Å². The Labute approximate surface area is 431 Å². The molecule has 0 saturated heterocycles. The molecule has 0 saturated carbocycles. The van der Waals surface area contributed by atoms with Gasteiger partial charge >= 0.3 is 0 Å². The SMILES string of the molecule is Cc1ccc(N(c2ccc(C)cc2)c2ccc(-c3ccc(-c4ccc(N(c5ccccc5)c5ccc(-c6ccc(-c7ccc(N(c8ccc(C)cc8)c8ccc(C)cc8)cc7)cc6)cc5)cc4)cc3)cc2)cc1. The molecule has 11 aromatic rings. The third kappa shape index (κ3) is 10.2. The van der Waals surface area contributed by atoms with Crippen LogP contribution in [0.3, 0.4) is 0 Å². The molecule has 73 heavy (non-hydrogen) atoms. The molecule has 0 aliphatic rings. The van der Waals surface area contributed by atoms with Crippen LogP contribution in [-0.2, 0) is 0 Å². The molecule has 0 N–H and O–H groups in total. The van der Waals surface area contributed by atoms with Gasteiger partial charge in [0.25, 0.3) is 0 Å². The standard InChI is InChI=1S/C70H57N3/c1-50-10-34-63(35-11-50)72(64-36-12-51(2)13-37-64)69-46-30-60(31-47-69)56-22-18-54(19-23-56)58-26-42-67(43-27-58)71(62-8-6-5-7-9-62)68-44-28-59(29-45-68)55-20-24-57(25-21-55)61-32-48-70(49-33-61)73(65-38-14-52(3)15-39-65)66-40-16-53(4)17-41-66/h5-49H,1-4H3. The highest BCUT2D eigenvalue weighted by molar-refractivity contribution is 5.83. The highest BCUT2D eigenvalue weighted by atomic mass is 15.2.